The van der Waals surface area contributed by atoms with E-state index in [0.29, 0.717) is 24.5 Å². The van der Waals surface area contributed by atoms with Crippen LogP contribution in [0.15, 0.2) is 30.5 Å². The minimum Gasteiger partial charge on any atom is -0.369 e. The number of anilines is 2. The molecule has 2 aliphatic rings. The van der Waals surface area contributed by atoms with Crippen LogP contribution in [0, 0.1) is 11.7 Å². The lowest BCUT2D eigenvalue weighted by atomic mass is 9.86. The fourth-order valence-corrected chi connectivity index (χ4v) is 4.09. The second kappa shape index (κ2) is 8.14. The van der Waals surface area contributed by atoms with Crippen LogP contribution in [0.5, 0.6) is 0 Å². The van der Waals surface area contributed by atoms with Crippen LogP contribution in [-0.2, 0) is 9.59 Å². The van der Waals surface area contributed by atoms with Crippen molar-refractivity contribution in [3.63, 3.8) is 0 Å². The predicted molar refractivity (Wildman–Crippen MR) is 108 cm³/mol. The normalized spacial score (nSPS) is 22.0. The minimum atomic E-state index is -0.516. The summed E-state index contributed by atoms with van der Waals surface area (Å²) in [6.07, 6.45) is 5.56. The largest absolute Gasteiger partial charge is 0.369 e. The predicted octanol–water partition coefficient (Wildman–Crippen LogP) is 2.87. The lowest BCUT2D eigenvalue weighted by Crippen LogP contribution is -2.32. The van der Waals surface area contributed by atoms with Crippen LogP contribution in [-0.4, -0.2) is 34.4 Å². The number of benzene rings is 1. The number of rotatable bonds is 5. The quantitative estimate of drug-likeness (QED) is 0.808. The van der Waals surface area contributed by atoms with Crippen LogP contribution in [0.1, 0.15) is 38.5 Å². The lowest BCUT2D eigenvalue weighted by Gasteiger charge is -2.27. The highest BCUT2D eigenvalue weighted by molar-refractivity contribution is 5.95. The number of carbonyl (C=O) groups is 2. The first-order chi connectivity index (χ1) is 14.0. The Balaban J connectivity index is 1.52. The van der Waals surface area contributed by atoms with Gasteiger partial charge in [-0.15, -0.1) is 0 Å². The van der Waals surface area contributed by atoms with Gasteiger partial charge in [0.15, 0.2) is 5.82 Å². The number of hydrogen-bond donors (Lipinski definition) is 2. The molecular weight excluding hydrogens is 373 g/mol. The highest BCUT2D eigenvalue weighted by atomic mass is 19.1. The molecule has 2 heterocycles. The van der Waals surface area contributed by atoms with E-state index in [4.69, 9.17) is 5.73 Å². The van der Waals surface area contributed by atoms with E-state index in [-0.39, 0.29) is 29.5 Å². The summed E-state index contributed by atoms with van der Waals surface area (Å²) in [5.41, 5.74) is 6.93. The third kappa shape index (κ3) is 4.21. The van der Waals surface area contributed by atoms with Gasteiger partial charge in [0.2, 0.25) is 17.8 Å². The Labute approximate surface area is 168 Å². The van der Waals surface area contributed by atoms with Gasteiger partial charge in [-0.3, -0.25) is 9.59 Å². The fourth-order valence-electron chi connectivity index (χ4n) is 4.09. The van der Waals surface area contributed by atoms with Gasteiger partial charge in [-0.25, -0.2) is 14.4 Å². The van der Waals surface area contributed by atoms with Gasteiger partial charge in [-0.2, -0.15) is 0 Å². The molecule has 0 spiro atoms. The zero-order valence-corrected chi connectivity index (χ0v) is 16.1. The van der Waals surface area contributed by atoms with Gasteiger partial charge in [0.05, 0.1) is 6.20 Å². The summed E-state index contributed by atoms with van der Waals surface area (Å²) in [6, 6.07) is 7.34. The van der Waals surface area contributed by atoms with Gasteiger partial charge in [-0.1, -0.05) is 12.1 Å². The van der Waals surface area contributed by atoms with Crippen molar-refractivity contribution in [3.8, 4) is 11.3 Å². The van der Waals surface area contributed by atoms with Crippen LogP contribution >= 0.6 is 0 Å². The molecule has 2 fully saturated rings. The highest BCUT2D eigenvalue weighted by Gasteiger charge is 2.25. The Morgan fingerprint density at radius 2 is 2.03 bits per heavy atom. The van der Waals surface area contributed by atoms with Crippen LogP contribution < -0.4 is 16.0 Å². The molecule has 0 atom stereocenters. The van der Waals surface area contributed by atoms with Crippen molar-refractivity contribution < 1.29 is 14.0 Å². The summed E-state index contributed by atoms with van der Waals surface area (Å²) in [4.78, 5) is 33.5. The lowest BCUT2D eigenvalue weighted by molar-refractivity contribution is -0.122. The van der Waals surface area contributed by atoms with Gasteiger partial charge in [0.25, 0.3) is 0 Å². The van der Waals surface area contributed by atoms with E-state index in [2.05, 4.69) is 15.3 Å². The van der Waals surface area contributed by atoms with Gasteiger partial charge < -0.3 is 16.0 Å². The van der Waals surface area contributed by atoms with Crippen molar-refractivity contribution in [3.05, 3.63) is 36.3 Å². The third-order valence-electron chi connectivity index (χ3n) is 5.71. The molecule has 1 aromatic heterocycles. The van der Waals surface area contributed by atoms with Gasteiger partial charge in [-0.05, 0) is 44.2 Å². The fraction of sp³-hybridized carbons (Fsp3) is 0.429. The maximum absolute atomic E-state index is 14.5. The summed E-state index contributed by atoms with van der Waals surface area (Å²) in [5, 5.41) is 3.25. The monoisotopic (exact) mass is 397 g/mol. The standard InChI is InChI=1S/C21H24FN5O2/c22-17-12-24-21(25-15-8-6-13(7-9-15)20(23)29)26-19(17)14-3-1-4-16(11-14)27-10-2-5-18(27)28/h1,3-4,11-13,15H,2,5-10H2,(H2,23,29)(H,24,25,26)/t13-,15-. The number of aromatic nitrogens is 2. The van der Waals surface area contributed by atoms with Crippen LogP contribution in [0.3, 0.4) is 0 Å². The maximum Gasteiger partial charge on any atom is 0.227 e. The molecule has 3 N–H and O–H groups in total. The Kier molecular flexibility index (Phi) is 5.42. The van der Waals surface area contributed by atoms with Crippen molar-refractivity contribution in [2.24, 2.45) is 11.7 Å². The van der Waals surface area contributed by atoms with E-state index in [1.54, 1.807) is 23.1 Å². The molecule has 1 aliphatic heterocycles. The molecule has 1 aliphatic carbocycles. The molecule has 1 aromatic carbocycles. The first-order valence-corrected chi connectivity index (χ1v) is 10.0. The van der Waals surface area contributed by atoms with Gasteiger partial charge >= 0.3 is 0 Å². The Morgan fingerprint density at radius 3 is 2.72 bits per heavy atom. The van der Waals surface area contributed by atoms with E-state index >= 15 is 0 Å². The molecule has 7 nitrogen and oxygen atoms in total. The summed E-state index contributed by atoms with van der Waals surface area (Å²) < 4.78 is 14.5. The highest BCUT2D eigenvalue weighted by Crippen LogP contribution is 2.29. The number of hydrogen-bond acceptors (Lipinski definition) is 5. The van der Waals surface area contributed by atoms with E-state index in [9.17, 15) is 14.0 Å². The molecule has 1 saturated heterocycles. The molecule has 29 heavy (non-hydrogen) atoms. The number of nitrogens with two attached hydrogens (primary N) is 1. The Bertz CT molecular complexity index is 927. The topological polar surface area (TPSA) is 101 Å². The third-order valence-corrected chi connectivity index (χ3v) is 5.71. The summed E-state index contributed by atoms with van der Waals surface area (Å²) in [7, 11) is 0. The summed E-state index contributed by atoms with van der Waals surface area (Å²) in [6.45, 7) is 0.676. The number of halogens is 1. The van der Waals surface area contributed by atoms with Crippen molar-refractivity contribution in [1.82, 2.24) is 9.97 Å². The molecule has 4 rings (SSSR count). The second-order valence-corrected chi connectivity index (χ2v) is 7.68. The molecule has 0 radical (unpaired) electrons. The molecular formula is C21H24FN5O2. The second-order valence-electron chi connectivity index (χ2n) is 7.68. The first kappa shape index (κ1) is 19.3. The average Bonchev–Trinajstić information content (AvgIpc) is 3.16. The van der Waals surface area contributed by atoms with Crippen LogP contribution in [0.25, 0.3) is 11.3 Å². The van der Waals surface area contributed by atoms with E-state index < -0.39 is 5.82 Å². The Hall–Kier alpha value is -3.03. The average molecular weight is 397 g/mol. The van der Waals surface area contributed by atoms with Gasteiger partial charge in [0.1, 0.15) is 5.69 Å². The number of amides is 2. The smallest absolute Gasteiger partial charge is 0.227 e. The molecule has 2 amide bonds. The summed E-state index contributed by atoms with van der Waals surface area (Å²) >= 11 is 0. The van der Waals surface area contributed by atoms with Crippen molar-refractivity contribution in [2.45, 2.75) is 44.6 Å². The number of nitrogens with one attached hydrogen (secondary N) is 1. The molecule has 152 valence electrons. The Morgan fingerprint density at radius 1 is 1.24 bits per heavy atom. The molecule has 0 unspecified atom stereocenters. The number of carbonyl (C=O) groups excluding carboxylic acids is 2. The van der Waals surface area contributed by atoms with Crippen molar-refractivity contribution in [2.75, 3.05) is 16.8 Å². The zero-order valence-electron chi connectivity index (χ0n) is 16.1. The van der Waals surface area contributed by atoms with E-state index in [0.717, 1.165) is 44.0 Å². The van der Waals surface area contributed by atoms with Crippen LogP contribution in [0.4, 0.5) is 16.0 Å². The maximum atomic E-state index is 14.5. The molecule has 0 bridgehead atoms. The van der Waals surface area contributed by atoms with E-state index in [1.165, 1.54) is 0 Å². The molecule has 2 aromatic rings. The number of nitrogens with zero attached hydrogens (tertiary/aromatic N) is 3. The summed E-state index contributed by atoms with van der Waals surface area (Å²) in [5.74, 6) is -0.405. The zero-order chi connectivity index (χ0) is 20.4. The minimum absolute atomic E-state index is 0.0752. The first-order valence-electron chi connectivity index (χ1n) is 10.0. The van der Waals surface area contributed by atoms with Crippen molar-refractivity contribution >= 4 is 23.5 Å². The van der Waals surface area contributed by atoms with Crippen molar-refractivity contribution in [1.29, 1.82) is 0 Å². The van der Waals surface area contributed by atoms with E-state index in [1.807, 2.05) is 6.07 Å². The molecule has 1 saturated carbocycles. The van der Waals surface area contributed by atoms with Crippen LogP contribution in [0.2, 0.25) is 0 Å². The SMILES string of the molecule is NC(=O)[C@H]1CC[C@H](Nc2ncc(F)c(-c3cccc(N4CCCC4=O)c3)n2)CC1. The van der Waals surface area contributed by atoms with Gasteiger partial charge in [0, 0.05) is 36.2 Å². The molecule has 8 heteroatoms. The number of primary amides is 1.